The molecule has 0 spiro atoms. The number of nitrogens with zero attached hydrogens (tertiary/aromatic N) is 4. The van der Waals surface area contributed by atoms with E-state index in [2.05, 4.69) is 30.7 Å². The number of alkyl halides is 7. The molecule has 1 aliphatic heterocycles. The standard InChI is InChI=1S/C21H19F7N6O/c1-2-13-10-34(16-9-12(20(24,25)26)6-7-15(16)29-13)17(18-30-32-33-31-18)11-4-3-5-14(8-11)35-21(27,28)19(22)23/h3-9,13,17,19,29H,2,10H2,1H3,(H,30,31,32,33). The van der Waals surface area contributed by atoms with Crippen molar-refractivity contribution < 1.29 is 35.5 Å². The van der Waals surface area contributed by atoms with Gasteiger partial charge in [0, 0.05) is 12.6 Å². The lowest BCUT2D eigenvalue weighted by Crippen LogP contribution is -2.44. The molecule has 0 fully saturated rings. The summed E-state index contributed by atoms with van der Waals surface area (Å²) < 4.78 is 96.9. The number of hydrogen-bond donors (Lipinski definition) is 2. The first-order chi connectivity index (χ1) is 16.5. The van der Waals surface area contributed by atoms with Crippen LogP contribution in [0.15, 0.2) is 42.5 Å². The molecule has 2 N–H and O–H groups in total. The molecule has 0 amide bonds. The van der Waals surface area contributed by atoms with Gasteiger partial charge in [0.25, 0.3) is 0 Å². The van der Waals surface area contributed by atoms with E-state index in [9.17, 15) is 30.7 Å². The number of ether oxygens (including phenoxy) is 1. The summed E-state index contributed by atoms with van der Waals surface area (Å²) in [4.78, 5) is 1.59. The molecule has 0 bridgehead atoms. The van der Waals surface area contributed by atoms with Crippen LogP contribution >= 0.6 is 0 Å². The van der Waals surface area contributed by atoms with E-state index in [-0.39, 0.29) is 29.7 Å². The zero-order valence-electron chi connectivity index (χ0n) is 18.0. The van der Waals surface area contributed by atoms with Gasteiger partial charge in [0.1, 0.15) is 11.8 Å². The summed E-state index contributed by atoms with van der Waals surface area (Å²) in [5, 5.41) is 16.9. The van der Waals surface area contributed by atoms with Gasteiger partial charge < -0.3 is 15.0 Å². The number of hydrogen-bond acceptors (Lipinski definition) is 6. The van der Waals surface area contributed by atoms with Crippen LogP contribution in [-0.2, 0) is 6.18 Å². The molecule has 4 rings (SSSR count). The summed E-state index contributed by atoms with van der Waals surface area (Å²) in [5.74, 6) is -0.532. The van der Waals surface area contributed by atoms with Gasteiger partial charge in [-0.25, -0.2) is 0 Å². The van der Waals surface area contributed by atoms with Gasteiger partial charge in [-0.05, 0) is 42.3 Å². The minimum absolute atomic E-state index is 0.0304. The van der Waals surface area contributed by atoms with Crippen molar-refractivity contribution >= 4 is 11.4 Å². The Morgan fingerprint density at radius 3 is 2.51 bits per heavy atom. The predicted octanol–water partition coefficient (Wildman–Crippen LogP) is 5.26. The van der Waals surface area contributed by atoms with E-state index < -0.39 is 36.1 Å². The van der Waals surface area contributed by atoms with Gasteiger partial charge >= 0.3 is 18.7 Å². The van der Waals surface area contributed by atoms with Crippen LogP contribution in [-0.4, -0.2) is 45.7 Å². The Labute approximate surface area is 194 Å². The average Bonchev–Trinajstić information content (AvgIpc) is 3.32. The fourth-order valence-corrected chi connectivity index (χ4v) is 3.85. The Kier molecular flexibility index (Phi) is 6.47. The number of tetrazole rings is 1. The van der Waals surface area contributed by atoms with Crippen LogP contribution in [0.25, 0.3) is 0 Å². The predicted molar refractivity (Wildman–Crippen MR) is 111 cm³/mol. The summed E-state index contributed by atoms with van der Waals surface area (Å²) in [6.45, 7) is 2.08. The van der Waals surface area contributed by atoms with Crippen molar-refractivity contribution in [2.75, 3.05) is 16.8 Å². The van der Waals surface area contributed by atoms with Crippen LogP contribution in [0.4, 0.5) is 42.1 Å². The second-order valence-electron chi connectivity index (χ2n) is 7.84. The van der Waals surface area contributed by atoms with E-state index in [1.54, 1.807) is 4.90 Å². The number of nitrogens with one attached hydrogen (secondary N) is 2. The van der Waals surface area contributed by atoms with Crippen molar-refractivity contribution in [3.05, 3.63) is 59.4 Å². The Bertz CT molecular complexity index is 1160. The Balaban J connectivity index is 1.82. The normalized spacial score (nSPS) is 17.2. The van der Waals surface area contributed by atoms with Crippen LogP contribution in [0.3, 0.4) is 0 Å². The van der Waals surface area contributed by atoms with E-state index in [1.165, 1.54) is 18.2 Å². The summed E-state index contributed by atoms with van der Waals surface area (Å²) >= 11 is 0. The first-order valence-electron chi connectivity index (χ1n) is 10.4. The third kappa shape index (κ3) is 5.10. The van der Waals surface area contributed by atoms with Crippen molar-refractivity contribution in [3.8, 4) is 5.75 Å². The SMILES string of the molecule is CCC1CN(C(c2cccc(OC(F)(F)C(F)F)c2)c2nn[nH]n2)c2cc(C(F)(F)F)ccc2N1. The van der Waals surface area contributed by atoms with Gasteiger partial charge in [0.2, 0.25) is 5.82 Å². The smallest absolute Gasteiger partial charge is 0.428 e. The van der Waals surface area contributed by atoms with Crippen LogP contribution in [0, 0.1) is 0 Å². The Hall–Kier alpha value is -3.58. The maximum Gasteiger partial charge on any atom is 0.461 e. The minimum Gasteiger partial charge on any atom is -0.428 e. The molecule has 2 unspecified atom stereocenters. The highest BCUT2D eigenvalue weighted by molar-refractivity contribution is 5.75. The summed E-state index contributed by atoms with van der Waals surface area (Å²) in [6, 6.07) is 6.97. The first-order valence-corrected chi connectivity index (χ1v) is 10.4. The van der Waals surface area contributed by atoms with Crippen molar-refractivity contribution in [1.29, 1.82) is 0 Å². The number of benzene rings is 2. The van der Waals surface area contributed by atoms with Crippen molar-refractivity contribution in [2.45, 2.75) is 44.1 Å². The van der Waals surface area contributed by atoms with Gasteiger partial charge in [-0.3, -0.25) is 0 Å². The van der Waals surface area contributed by atoms with Crippen LogP contribution in [0.1, 0.15) is 36.3 Å². The third-order valence-corrected chi connectivity index (χ3v) is 5.50. The number of halogens is 7. The molecule has 1 aromatic heterocycles. The highest BCUT2D eigenvalue weighted by Crippen LogP contribution is 2.43. The fourth-order valence-electron chi connectivity index (χ4n) is 3.85. The molecule has 1 aliphatic rings. The number of aromatic nitrogens is 4. The minimum atomic E-state index is -4.74. The van der Waals surface area contributed by atoms with Crippen LogP contribution in [0.5, 0.6) is 5.75 Å². The second-order valence-corrected chi connectivity index (χ2v) is 7.84. The zero-order chi connectivity index (χ0) is 25.4. The lowest BCUT2D eigenvalue weighted by Gasteiger charge is -2.41. The molecule has 2 atom stereocenters. The average molecular weight is 504 g/mol. The van der Waals surface area contributed by atoms with Gasteiger partial charge in [-0.15, -0.1) is 10.2 Å². The van der Waals surface area contributed by atoms with Crippen molar-refractivity contribution in [2.24, 2.45) is 0 Å². The van der Waals surface area contributed by atoms with Gasteiger partial charge in [0.05, 0.1) is 16.9 Å². The molecule has 7 nitrogen and oxygen atoms in total. The number of rotatable bonds is 7. The van der Waals surface area contributed by atoms with Gasteiger partial charge in [0.15, 0.2) is 0 Å². The lowest BCUT2D eigenvalue weighted by atomic mass is 9.98. The molecule has 14 heteroatoms. The fraction of sp³-hybridized carbons (Fsp3) is 0.381. The highest BCUT2D eigenvalue weighted by Gasteiger charge is 2.44. The molecule has 0 saturated heterocycles. The maximum absolute atomic E-state index is 13.5. The largest absolute Gasteiger partial charge is 0.461 e. The molecule has 0 aliphatic carbocycles. The Morgan fingerprint density at radius 1 is 1.11 bits per heavy atom. The molecular formula is C21H19F7N6O. The molecule has 188 valence electrons. The van der Waals surface area contributed by atoms with E-state index in [0.717, 1.165) is 24.3 Å². The number of aromatic amines is 1. The van der Waals surface area contributed by atoms with E-state index >= 15 is 0 Å². The van der Waals surface area contributed by atoms with E-state index in [4.69, 9.17) is 0 Å². The Morgan fingerprint density at radius 2 is 1.89 bits per heavy atom. The monoisotopic (exact) mass is 504 g/mol. The molecule has 0 saturated carbocycles. The maximum atomic E-state index is 13.5. The van der Waals surface area contributed by atoms with Gasteiger partial charge in [-0.2, -0.15) is 35.9 Å². The third-order valence-electron chi connectivity index (χ3n) is 5.50. The molecular weight excluding hydrogens is 485 g/mol. The van der Waals surface area contributed by atoms with E-state index in [1.807, 2.05) is 6.92 Å². The molecule has 2 aromatic carbocycles. The van der Waals surface area contributed by atoms with Crippen molar-refractivity contribution in [3.63, 3.8) is 0 Å². The summed E-state index contributed by atoms with van der Waals surface area (Å²) in [7, 11) is 0. The molecule has 0 radical (unpaired) electrons. The lowest BCUT2D eigenvalue weighted by molar-refractivity contribution is -0.253. The highest BCUT2D eigenvalue weighted by atomic mass is 19.4. The van der Waals surface area contributed by atoms with Crippen LogP contribution < -0.4 is 15.0 Å². The summed E-state index contributed by atoms with van der Waals surface area (Å²) in [5.41, 5.74) is -0.0857. The van der Waals surface area contributed by atoms with Crippen LogP contribution in [0.2, 0.25) is 0 Å². The van der Waals surface area contributed by atoms with E-state index in [0.29, 0.717) is 12.1 Å². The number of H-pyrrole nitrogens is 1. The molecule has 3 aromatic rings. The van der Waals surface area contributed by atoms with Gasteiger partial charge in [-0.1, -0.05) is 24.3 Å². The number of fused-ring (bicyclic) bond motifs is 1. The second kappa shape index (κ2) is 9.23. The molecule has 35 heavy (non-hydrogen) atoms. The summed E-state index contributed by atoms with van der Waals surface area (Å²) in [6.07, 6.45) is -12.8. The quantitative estimate of drug-likeness (QED) is 0.428. The van der Waals surface area contributed by atoms with Crippen molar-refractivity contribution in [1.82, 2.24) is 20.6 Å². The first kappa shape index (κ1) is 24.5. The zero-order valence-corrected chi connectivity index (χ0v) is 18.0. The molecule has 2 heterocycles. The topological polar surface area (TPSA) is 79.0 Å². The number of anilines is 2.